The van der Waals surface area contributed by atoms with Crippen LogP contribution in [0.25, 0.3) is 10.8 Å². The summed E-state index contributed by atoms with van der Waals surface area (Å²) in [5.74, 6) is -0.616. The van der Waals surface area contributed by atoms with Crippen LogP contribution in [0, 0.1) is 17.3 Å². The topological polar surface area (TPSA) is 36.7 Å². The van der Waals surface area contributed by atoms with Gasteiger partial charge in [0, 0.05) is 11.5 Å². The van der Waals surface area contributed by atoms with Crippen molar-refractivity contribution in [3.63, 3.8) is 0 Å². The number of pyridine rings is 1. The molecule has 2 aromatic rings. The second kappa shape index (κ2) is 2.83. The Morgan fingerprint density at radius 3 is 2.85 bits per heavy atom. The van der Waals surface area contributed by atoms with Crippen LogP contribution in [0.5, 0.6) is 0 Å². The highest BCUT2D eigenvalue weighted by molar-refractivity contribution is 5.86. The second-order valence-corrected chi connectivity index (χ2v) is 2.63. The number of hydrogen-bond acceptors (Lipinski definition) is 2. The molecule has 13 heavy (non-hydrogen) atoms. The zero-order valence-corrected chi connectivity index (χ0v) is 6.66. The molecule has 1 aromatic heterocycles. The SMILES string of the molecule is N#Cc1nc(F)cc2ccccc12. The summed E-state index contributed by atoms with van der Waals surface area (Å²) in [6.07, 6.45) is 0. The average Bonchev–Trinajstić information content (AvgIpc) is 2.16. The van der Waals surface area contributed by atoms with Crippen molar-refractivity contribution in [1.29, 1.82) is 5.26 Å². The predicted octanol–water partition coefficient (Wildman–Crippen LogP) is 2.25. The molecular formula is C10H5FN2. The molecule has 62 valence electrons. The zero-order chi connectivity index (χ0) is 9.26. The van der Waals surface area contributed by atoms with E-state index < -0.39 is 5.95 Å². The lowest BCUT2D eigenvalue weighted by Gasteiger charge is -1.97. The first-order chi connectivity index (χ1) is 6.31. The Morgan fingerprint density at radius 1 is 1.31 bits per heavy atom. The van der Waals surface area contributed by atoms with Crippen LogP contribution in [-0.4, -0.2) is 4.98 Å². The zero-order valence-electron chi connectivity index (χ0n) is 6.66. The summed E-state index contributed by atoms with van der Waals surface area (Å²) in [6.45, 7) is 0. The Balaban J connectivity index is 2.91. The van der Waals surface area contributed by atoms with Crippen LogP contribution < -0.4 is 0 Å². The van der Waals surface area contributed by atoms with Crippen molar-refractivity contribution in [3.8, 4) is 6.07 Å². The largest absolute Gasteiger partial charge is 0.214 e. The van der Waals surface area contributed by atoms with E-state index in [0.29, 0.717) is 10.8 Å². The van der Waals surface area contributed by atoms with Gasteiger partial charge in [-0.25, -0.2) is 4.98 Å². The van der Waals surface area contributed by atoms with E-state index in [-0.39, 0.29) is 5.69 Å². The van der Waals surface area contributed by atoms with Gasteiger partial charge in [-0.1, -0.05) is 24.3 Å². The van der Waals surface area contributed by atoms with Crippen molar-refractivity contribution < 1.29 is 4.39 Å². The molecule has 0 saturated carbocycles. The third-order valence-electron chi connectivity index (χ3n) is 1.82. The van der Waals surface area contributed by atoms with Crippen LogP contribution >= 0.6 is 0 Å². The van der Waals surface area contributed by atoms with Crippen molar-refractivity contribution in [1.82, 2.24) is 4.98 Å². The van der Waals surface area contributed by atoms with Crippen molar-refractivity contribution in [3.05, 3.63) is 42.0 Å². The molecule has 0 N–H and O–H groups in total. The summed E-state index contributed by atoms with van der Waals surface area (Å²) in [5.41, 5.74) is 0.135. The van der Waals surface area contributed by atoms with Gasteiger partial charge in [-0.2, -0.15) is 9.65 Å². The van der Waals surface area contributed by atoms with E-state index in [1.807, 2.05) is 6.07 Å². The maximum atomic E-state index is 12.8. The molecule has 0 aliphatic rings. The van der Waals surface area contributed by atoms with Crippen LogP contribution in [0.15, 0.2) is 30.3 Å². The second-order valence-electron chi connectivity index (χ2n) is 2.63. The standard InChI is InChI=1S/C10H5FN2/c11-10-5-7-3-1-2-4-8(7)9(6-12)13-10/h1-5H. The molecule has 1 heterocycles. The third-order valence-corrected chi connectivity index (χ3v) is 1.82. The smallest absolute Gasteiger partial charge is 0.208 e. The van der Waals surface area contributed by atoms with E-state index in [1.165, 1.54) is 6.07 Å². The summed E-state index contributed by atoms with van der Waals surface area (Å²) < 4.78 is 12.8. The van der Waals surface area contributed by atoms with Gasteiger partial charge in [0.15, 0.2) is 5.69 Å². The fraction of sp³-hybridized carbons (Fsp3) is 0. The Labute approximate surface area is 74.3 Å². The molecule has 1 aromatic carbocycles. The molecule has 0 fully saturated rings. The van der Waals surface area contributed by atoms with E-state index in [0.717, 1.165) is 0 Å². The van der Waals surface area contributed by atoms with Gasteiger partial charge in [-0.05, 0) is 5.39 Å². The van der Waals surface area contributed by atoms with E-state index in [2.05, 4.69) is 4.98 Å². The van der Waals surface area contributed by atoms with Crippen LogP contribution in [0.3, 0.4) is 0 Å². The fourth-order valence-electron chi connectivity index (χ4n) is 1.25. The summed E-state index contributed by atoms with van der Waals surface area (Å²) in [7, 11) is 0. The molecular weight excluding hydrogens is 167 g/mol. The average molecular weight is 172 g/mol. The van der Waals surface area contributed by atoms with Gasteiger partial charge < -0.3 is 0 Å². The molecule has 0 saturated heterocycles. The highest BCUT2D eigenvalue weighted by Gasteiger charge is 2.03. The van der Waals surface area contributed by atoms with Crippen LogP contribution in [0.1, 0.15) is 5.69 Å². The molecule has 2 nitrogen and oxygen atoms in total. The Bertz CT molecular complexity index is 500. The van der Waals surface area contributed by atoms with Crippen LogP contribution in [0.4, 0.5) is 4.39 Å². The molecule has 2 rings (SSSR count). The Kier molecular flexibility index (Phi) is 1.67. The summed E-state index contributed by atoms with van der Waals surface area (Å²) >= 11 is 0. The molecule has 0 atom stereocenters. The van der Waals surface area contributed by atoms with Gasteiger partial charge in [-0.3, -0.25) is 0 Å². The van der Waals surface area contributed by atoms with Gasteiger partial charge in [0.1, 0.15) is 6.07 Å². The molecule has 0 spiro atoms. The van der Waals surface area contributed by atoms with E-state index in [4.69, 9.17) is 5.26 Å². The van der Waals surface area contributed by atoms with Gasteiger partial charge in [-0.15, -0.1) is 0 Å². The summed E-state index contributed by atoms with van der Waals surface area (Å²) in [5, 5.41) is 10.1. The summed E-state index contributed by atoms with van der Waals surface area (Å²) in [6, 6.07) is 10.3. The number of nitriles is 1. The molecule has 0 bridgehead atoms. The monoisotopic (exact) mass is 172 g/mol. The molecule has 3 heteroatoms. The Hall–Kier alpha value is -1.95. The quantitative estimate of drug-likeness (QED) is 0.571. The number of benzene rings is 1. The number of aromatic nitrogens is 1. The third kappa shape index (κ3) is 1.23. The van der Waals surface area contributed by atoms with E-state index >= 15 is 0 Å². The molecule has 0 radical (unpaired) electrons. The summed E-state index contributed by atoms with van der Waals surface area (Å²) in [4.78, 5) is 3.49. The lowest BCUT2D eigenvalue weighted by molar-refractivity contribution is 0.585. The fourth-order valence-corrected chi connectivity index (χ4v) is 1.25. The van der Waals surface area contributed by atoms with Crippen molar-refractivity contribution in [2.24, 2.45) is 0 Å². The van der Waals surface area contributed by atoms with E-state index in [9.17, 15) is 4.39 Å². The minimum atomic E-state index is -0.616. The molecule has 0 amide bonds. The van der Waals surface area contributed by atoms with Crippen molar-refractivity contribution >= 4 is 10.8 Å². The van der Waals surface area contributed by atoms with Crippen molar-refractivity contribution in [2.45, 2.75) is 0 Å². The van der Waals surface area contributed by atoms with Crippen molar-refractivity contribution in [2.75, 3.05) is 0 Å². The maximum absolute atomic E-state index is 12.8. The Morgan fingerprint density at radius 2 is 2.08 bits per heavy atom. The normalized spacial score (nSPS) is 9.85. The lowest BCUT2D eigenvalue weighted by atomic mass is 10.1. The lowest BCUT2D eigenvalue weighted by Crippen LogP contribution is -1.89. The van der Waals surface area contributed by atoms with Gasteiger partial charge in [0.05, 0.1) is 0 Å². The number of rotatable bonds is 0. The number of nitrogens with zero attached hydrogens (tertiary/aromatic N) is 2. The first-order valence-electron chi connectivity index (χ1n) is 3.76. The minimum absolute atomic E-state index is 0.135. The van der Waals surface area contributed by atoms with Gasteiger partial charge in [0.25, 0.3) is 0 Å². The number of halogens is 1. The van der Waals surface area contributed by atoms with Crippen LogP contribution in [-0.2, 0) is 0 Å². The first kappa shape index (κ1) is 7.69. The van der Waals surface area contributed by atoms with Crippen LogP contribution in [0.2, 0.25) is 0 Å². The predicted molar refractivity (Wildman–Crippen MR) is 46.4 cm³/mol. The highest BCUT2D eigenvalue weighted by atomic mass is 19.1. The van der Waals surface area contributed by atoms with Gasteiger partial charge in [0.2, 0.25) is 5.95 Å². The number of fused-ring (bicyclic) bond motifs is 1. The maximum Gasteiger partial charge on any atom is 0.214 e. The number of hydrogen-bond donors (Lipinski definition) is 0. The molecule has 0 aliphatic heterocycles. The molecule has 0 unspecified atom stereocenters. The van der Waals surface area contributed by atoms with E-state index in [1.54, 1.807) is 24.3 Å². The highest BCUT2D eigenvalue weighted by Crippen LogP contribution is 2.16. The first-order valence-corrected chi connectivity index (χ1v) is 3.76. The minimum Gasteiger partial charge on any atom is -0.208 e. The molecule has 0 aliphatic carbocycles. The van der Waals surface area contributed by atoms with Gasteiger partial charge >= 0.3 is 0 Å².